The molecule has 4 aromatic carbocycles. The Balaban J connectivity index is 1.49. The van der Waals surface area contributed by atoms with E-state index in [2.05, 4.69) is 10.2 Å². The summed E-state index contributed by atoms with van der Waals surface area (Å²) in [5.41, 5.74) is 4.58. The van der Waals surface area contributed by atoms with Crippen molar-refractivity contribution in [1.82, 2.24) is 15.2 Å². The molecule has 1 amide bonds. The maximum Gasteiger partial charge on any atom is 0.244 e. The quantitative estimate of drug-likeness (QED) is 0.182. The smallest absolute Gasteiger partial charge is 0.244 e. The lowest BCUT2D eigenvalue weighted by Crippen LogP contribution is -2.32. The SMILES string of the molecule is COc1ccc(-c2nnc(SC(C)C(=O)N(c3ccccc3)c3ccccc3)nc2-c2ccc(OC)cc2)cc1. The van der Waals surface area contributed by atoms with Crippen LogP contribution in [0.5, 0.6) is 11.5 Å². The molecule has 0 aliphatic rings. The summed E-state index contributed by atoms with van der Waals surface area (Å²) < 4.78 is 10.6. The van der Waals surface area contributed by atoms with E-state index in [1.807, 2.05) is 116 Å². The Labute approximate surface area is 237 Å². The average Bonchev–Trinajstić information content (AvgIpc) is 3.02. The van der Waals surface area contributed by atoms with Gasteiger partial charge >= 0.3 is 0 Å². The first-order valence-electron chi connectivity index (χ1n) is 12.7. The molecule has 1 unspecified atom stereocenters. The van der Waals surface area contributed by atoms with Gasteiger partial charge < -0.3 is 9.47 Å². The van der Waals surface area contributed by atoms with Gasteiger partial charge in [-0.1, -0.05) is 48.2 Å². The van der Waals surface area contributed by atoms with E-state index in [9.17, 15) is 4.79 Å². The van der Waals surface area contributed by atoms with Gasteiger partial charge in [-0.25, -0.2) is 4.98 Å². The molecular formula is C32H28N4O3S. The van der Waals surface area contributed by atoms with Crippen molar-refractivity contribution in [2.45, 2.75) is 17.3 Å². The fourth-order valence-corrected chi connectivity index (χ4v) is 4.96. The number of carbonyl (C=O) groups is 1. The molecule has 0 saturated carbocycles. The summed E-state index contributed by atoms with van der Waals surface area (Å²) in [6.07, 6.45) is 0. The molecule has 1 aromatic heterocycles. The van der Waals surface area contributed by atoms with Crippen molar-refractivity contribution < 1.29 is 14.3 Å². The van der Waals surface area contributed by atoms with E-state index >= 15 is 0 Å². The van der Waals surface area contributed by atoms with Gasteiger partial charge in [0.05, 0.1) is 19.5 Å². The molecule has 0 bridgehead atoms. The van der Waals surface area contributed by atoms with Crippen LogP contribution in [0, 0.1) is 0 Å². The minimum Gasteiger partial charge on any atom is -0.497 e. The van der Waals surface area contributed by atoms with Crippen LogP contribution in [0.1, 0.15) is 6.92 Å². The van der Waals surface area contributed by atoms with Gasteiger partial charge in [-0.3, -0.25) is 9.69 Å². The maximum atomic E-state index is 13.8. The zero-order valence-corrected chi connectivity index (χ0v) is 23.2. The first-order chi connectivity index (χ1) is 19.6. The Hall–Kier alpha value is -4.69. The number of nitrogens with zero attached hydrogens (tertiary/aromatic N) is 4. The predicted octanol–water partition coefficient (Wildman–Crippen LogP) is 7.07. The highest BCUT2D eigenvalue weighted by atomic mass is 32.2. The van der Waals surface area contributed by atoms with Gasteiger partial charge in [0.15, 0.2) is 0 Å². The monoisotopic (exact) mass is 548 g/mol. The van der Waals surface area contributed by atoms with E-state index in [-0.39, 0.29) is 5.91 Å². The molecule has 7 nitrogen and oxygen atoms in total. The van der Waals surface area contributed by atoms with Crippen LogP contribution in [0.2, 0.25) is 0 Å². The number of thioether (sulfide) groups is 1. The zero-order valence-electron chi connectivity index (χ0n) is 22.4. The predicted molar refractivity (Wildman–Crippen MR) is 159 cm³/mol. The maximum absolute atomic E-state index is 13.8. The van der Waals surface area contributed by atoms with Crippen molar-refractivity contribution in [3.05, 3.63) is 109 Å². The molecule has 0 aliphatic heterocycles. The van der Waals surface area contributed by atoms with E-state index in [1.54, 1.807) is 19.1 Å². The summed E-state index contributed by atoms with van der Waals surface area (Å²) in [6.45, 7) is 1.86. The molecular weight excluding hydrogens is 520 g/mol. The third-order valence-electron chi connectivity index (χ3n) is 6.27. The Bertz CT molecular complexity index is 1520. The summed E-state index contributed by atoms with van der Waals surface area (Å²) in [7, 11) is 3.26. The highest BCUT2D eigenvalue weighted by molar-refractivity contribution is 8.00. The summed E-state index contributed by atoms with van der Waals surface area (Å²) >= 11 is 1.28. The fraction of sp³-hybridized carbons (Fsp3) is 0.125. The Morgan fingerprint density at radius 1 is 0.675 bits per heavy atom. The highest BCUT2D eigenvalue weighted by Crippen LogP contribution is 2.34. The number of benzene rings is 4. The van der Waals surface area contributed by atoms with Gasteiger partial charge in [-0.15, -0.1) is 10.2 Å². The van der Waals surface area contributed by atoms with E-state index < -0.39 is 5.25 Å². The third kappa shape index (κ3) is 5.97. The average molecular weight is 549 g/mol. The molecule has 1 atom stereocenters. The second-order valence-corrected chi connectivity index (χ2v) is 10.2. The molecule has 5 rings (SSSR count). The lowest BCUT2D eigenvalue weighted by Gasteiger charge is -2.25. The van der Waals surface area contributed by atoms with E-state index in [1.165, 1.54) is 11.8 Å². The van der Waals surface area contributed by atoms with Gasteiger partial charge in [-0.05, 0) is 79.7 Å². The van der Waals surface area contributed by atoms with Crippen molar-refractivity contribution >= 4 is 29.0 Å². The number of anilines is 2. The lowest BCUT2D eigenvalue weighted by molar-refractivity contribution is -0.117. The lowest BCUT2D eigenvalue weighted by atomic mass is 10.0. The van der Waals surface area contributed by atoms with Gasteiger partial charge in [0.1, 0.15) is 22.9 Å². The van der Waals surface area contributed by atoms with E-state index in [0.29, 0.717) is 16.5 Å². The van der Waals surface area contributed by atoms with Crippen LogP contribution in [0.4, 0.5) is 11.4 Å². The van der Waals surface area contributed by atoms with Crippen LogP contribution >= 0.6 is 11.8 Å². The fourth-order valence-electron chi connectivity index (χ4n) is 4.20. The molecule has 0 radical (unpaired) electrons. The number of para-hydroxylation sites is 2. The van der Waals surface area contributed by atoms with Crippen LogP contribution in [-0.4, -0.2) is 40.6 Å². The molecule has 200 valence electrons. The molecule has 8 heteroatoms. The second kappa shape index (κ2) is 12.4. The van der Waals surface area contributed by atoms with E-state index in [4.69, 9.17) is 14.5 Å². The van der Waals surface area contributed by atoms with Crippen LogP contribution in [0.15, 0.2) is 114 Å². The summed E-state index contributed by atoms with van der Waals surface area (Å²) in [4.78, 5) is 20.4. The Morgan fingerprint density at radius 3 is 1.62 bits per heavy atom. The molecule has 0 N–H and O–H groups in total. The van der Waals surface area contributed by atoms with Crippen molar-refractivity contribution in [3.8, 4) is 34.0 Å². The molecule has 40 heavy (non-hydrogen) atoms. The van der Waals surface area contributed by atoms with Gasteiger partial charge in [0, 0.05) is 22.5 Å². The highest BCUT2D eigenvalue weighted by Gasteiger charge is 2.26. The van der Waals surface area contributed by atoms with Crippen molar-refractivity contribution in [2.24, 2.45) is 0 Å². The minimum absolute atomic E-state index is 0.0868. The number of aromatic nitrogens is 3. The van der Waals surface area contributed by atoms with Crippen molar-refractivity contribution in [3.63, 3.8) is 0 Å². The topological polar surface area (TPSA) is 77.4 Å². The number of rotatable bonds is 9. The standard InChI is InChI=1S/C32H28N4O3S/c1-22(31(37)36(25-10-6-4-7-11-25)26-12-8-5-9-13-26)40-32-33-29(23-14-18-27(38-2)19-15-23)30(34-35-32)24-16-20-28(39-3)21-17-24/h4-22H,1-3H3. The summed E-state index contributed by atoms with van der Waals surface area (Å²) in [6, 6.07) is 34.5. The largest absolute Gasteiger partial charge is 0.497 e. The van der Waals surface area contributed by atoms with Gasteiger partial charge in [0.2, 0.25) is 11.1 Å². The van der Waals surface area contributed by atoms with Gasteiger partial charge in [-0.2, -0.15) is 0 Å². The second-order valence-electron chi connectivity index (χ2n) is 8.85. The van der Waals surface area contributed by atoms with Crippen LogP contribution in [-0.2, 0) is 4.79 Å². The number of carbonyl (C=O) groups excluding carboxylic acids is 1. The molecule has 0 aliphatic carbocycles. The van der Waals surface area contributed by atoms with E-state index in [0.717, 1.165) is 34.0 Å². The Kier molecular flexibility index (Phi) is 8.37. The first kappa shape index (κ1) is 26.9. The number of hydrogen-bond donors (Lipinski definition) is 0. The molecule has 0 saturated heterocycles. The summed E-state index contributed by atoms with van der Waals surface area (Å²) in [5, 5.41) is 8.91. The van der Waals surface area contributed by atoms with Crippen LogP contribution in [0.25, 0.3) is 22.5 Å². The molecule has 0 fully saturated rings. The third-order valence-corrected chi connectivity index (χ3v) is 7.21. The number of ether oxygens (including phenoxy) is 2. The molecule has 0 spiro atoms. The Morgan fingerprint density at radius 2 is 1.15 bits per heavy atom. The van der Waals surface area contributed by atoms with Crippen molar-refractivity contribution in [1.29, 1.82) is 0 Å². The van der Waals surface area contributed by atoms with Crippen LogP contribution in [0.3, 0.4) is 0 Å². The zero-order chi connectivity index (χ0) is 27.9. The minimum atomic E-state index is -0.488. The molecule has 1 heterocycles. The number of hydrogen-bond acceptors (Lipinski definition) is 7. The first-order valence-corrected chi connectivity index (χ1v) is 13.6. The van der Waals surface area contributed by atoms with Crippen molar-refractivity contribution in [2.75, 3.05) is 19.1 Å². The van der Waals surface area contributed by atoms with Crippen LogP contribution < -0.4 is 14.4 Å². The number of methoxy groups -OCH3 is 2. The summed E-state index contributed by atoms with van der Waals surface area (Å²) in [5.74, 6) is 1.40. The van der Waals surface area contributed by atoms with Gasteiger partial charge in [0.25, 0.3) is 0 Å². The molecule has 5 aromatic rings. The normalized spacial score (nSPS) is 11.5. The number of amides is 1.